The van der Waals surface area contributed by atoms with Crippen LogP contribution >= 0.6 is 0 Å². The van der Waals surface area contributed by atoms with Crippen molar-refractivity contribution in [3.63, 3.8) is 0 Å². The van der Waals surface area contributed by atoms with Crippen LogP contribution in [0.1, 0.15) is 28.9 Å². The molecule has 0 fully saturated rings. The first-order chi connectivity index (χ1) is 14.3. The third-order valence-electron chi connectivity index (χ3n) is 4.47. The summed E-state index contributed by atoms with van der Waals surface area (Å²) in [5.74, 6) is -1.04. The highest BCUT2D eigenvalue weighted by atomic mass is 32.2. The van der Waals surface area contributed by atoms with Crippen molar-refractivity contribution in [2.45, 2.75) is 22.8 Å². The van der Waals surface area contributed by atoms with Crippen LogP contribution in [0, 0.1) is 0 Å². The van der Waals surface area contributed by atoms with Crippen LogP contribution in [-0.4, -0.2) is 59.9 Å². The summed E-state index contributed by atoms with van der Waals surface area (Å²) >= 11 is 0. The molecule has 2 aromatic carbocycles. The Bertz CT molecular complexity index is 1170. The number of carbonyl (C=O) groups is 2. The van der Waals surface area contributed by atoms with Crippen molar-refractivity contribution >= 4 is 31.7 Å². The Balaban J connectivity index is 1.97. The molecule has 0 aromatic heterocycles. The van der Waals surface area contributed by atoms with Gasteiger partial charge in [-0.2, -0.15) is 0 Å². The van der Waals surface area contributed by atoms with E-state index in [0.717, 1.165) is 10.6 Å². The molecule has 11 heteroatoms. The molecule has 0 heterocycles. The summed E-state index contributed by atoms with van der Waals surface area (Å²) in [6.07, 6.45) is 1.11. The predicted octanol–water partition coefficient (Wildman–Crippen LogP) is 0.948. The van der Waals surface area contributed by atoms with Crippen LogP contribution in [-0.2, 0) is 24.7 Å². The monoisotopic (exact) mass is 467 g/mol. The van der Waals surface area contributed by atoms with Crippen molar-refractivity contribution in [1.29, 1.82) is 0 Å². The minimum atomic E-state index is -3.69. The number of amides is 2. The summed E-state index contributed by atoms with van der Waals surface area (Å²) in [5, 5.41) is 5.16. The number of hydrogen-bond acceptors (Lipinski definition) is 6. The molecule has 1 unspecified atom stereocenters. The average molecular weight is 468 g/mol. The van der Waals surface area contributed by atoms with E-state index in [4.69, 9.17) is 0 Å². The summed E-state index contributed by atoms with van der Waals surface area (Å²) in [6.45, 7) is 1.42. The zero-order valence-electron chi connectivity index (χ0n) is 17.6. The van der Waals surface area contributed by atoms with E-state index in [2.05, 4.69) is 10.6 Å². The van der Waals surface area contributed by atoms with Crippen molar-refractivity contribution in [1.82, 2.24) is 14.9 Å². The first-order valence-corrected chi connectivity index (χ1v) is 12.6. The molecular formula is C20H25N3O6S2. The second-order valence-corrected chi connectivity index (χ2v) is 11.3. The fraction of sp³-hybridized carbons (Fsp3) is 0.300. The Labute approximate surface area is 182 Å². The number of rotatable bonds is 8. The van der Waals surface area contributed by atoms with Crippen molar-refractivity contribution in [2.75, 3.05) is 26.9 Å². The molecule has 0 spiro atoms. The van der Waals surface area contributed by atoms with Gasteiger partial charge >= 0.3 is 0 Å². The Morgan fingerprint density at radius 1 is 0.968 bits per heavy atom. The van der Waals surface area contributed by atoms with Gasteiger partial charge in [0.05, 0.1) is 22.4 Å². The predicted molar refractivity (Wildman–Crippen MR) is 116 cm³/mol. The van der Waals surface area contributed by atoms with E-state index in [0.29, 0.717) is 5.56 Å². The van der Waals surface area contributed by atoms with Gasteiger partial charge in [0.15, 0.2) is 9.84 Å². The van der Waals surface area contributed by atoms with Crippen LogP contribution in [0.4, 0.5) is 0 Å². The maximum Gasteiger partial charge on any atom is 0.251 e. The third-order valence-corrected chi connectivity index (χ3v) is 7.41. The Kier molecular flexibility index (Phi) is 7.58. The number of sulfonamides is 1. The lowest BCUT2D eigenvalue weighted by Crippen LogP contribution is -2.38. The summed E-state index contributed by atoms with van der Waals surface area (Å²) in [6, 6.07) is 11.3. The summed E-state index contributed by atoms with van der Waals surface area (Å²) in [4.78, 5) is 24.7. The van der Waals surface area contributed by atoms with Crippen molar-refractivity contribution < 1.29 is 26.4 Å². The van der Waals surface area contributed by atoms with Gasteiger partial charge in [-0.1, -0.05) is 18.2 Å². The highest BCUT2D eigenvalue weighted by molar-refractivity contribution is 7.90. The largest absolute Gasteiger partial charge is 0.348 e. The molecule has 0 bridgehead atoms. The minimum absolute atomic E-state index is 0.0271. The van der Waals surface area contributed by atoms with Gasteiger partial charge in [0, 0.05) is 25.9 Å². The third kappa shape index (κ3) is 6.36. The second-order valence-electron chi connectivity index (χ2n) is 7.13. The fourth-order valence-electron chi connectivity index (χ4n) is 2.65. The molecule has 2 aromatic rings. The standard InChI is InChI=1S/C20H25N3O6S2/c1-14(15-8-10-17(11-9-15)30(4,26)27)22-19(24)13-21-20(25)16-6-5-7-18(12-16)31(28,29)23(2)3/h5-12,14H,13H2,1-4H3,(H,21,25)(H,22,24). The van der Waals surface area contributed by atoms with E-state index >= 15 is 0 Å². The van der Waals surface area contributed by atoms with Crippen molar-refractivity contribution in [3.05, 3.63) is 59.7 Å². The van der Waals surface area contributed by atoms with Crippen LogP contribution in [0.25, 0.3) is 0 Å². The normalized spacial score (nSPS) is 12.9. The molecule has 0 radical (unpaired) electrons. The minimum Gasteiger partial charge on any atom is -0.348 e. The lowest BCUT2D eigenvalue weighted by molar-refractivity contribution is -0.120. The van der Waals surface area contributed by atoms with E-state index < -0.39 is 37.7 Å². The van der Waals surface area contributed by atoms with Crippen LogP contribution < -0.4 is 10.6 Å². The molecule has 31 heavy (non-hydrogen) atoms. The first-order valence-electron chi connectivity index (χ1n) is 9.22. The quantitative estimate of drug-likeness (QED) is 0.595. The zero-order valence-corrected chi connectivity index (χ0v) is 19.2. The van der Waals surface area contributed by atoms with Gasteiger partial charge in [-0.15, -0.1) is 0 Å². The average Bonchev–Trinajstić information content (AvgIpc) is 2.71. The van der Waals surface area contributed by atoms with E-state index in [1.807, 2.05) is 0 Å². The van der Waals surface area contributed by atoms with E-state index in [1.54, 1.807) is 19.1 Å². The molecule has 168 valence electrons. The number of sulfone groups is 1. The second kappa shape index (κ2) is 9.58. The number of hydrogen-bond donors (Lipinski definition) is 2. The lowest BCUT2D eigenvalue weighted by Gasteiger charge is -2.15. The summed E-state index contributed by atoms with van der Waals surface area (Å²) in [5.41, 5.74) is 0.814. The molecule has 2 rings (SSSR count). The zero-order chi connectivity index (χ0) is 23.4. The Hall–Kier alpha value is -2.76. The topological polar surface area (TPSA) is 130 Å². The molecule has 2 N–H and O–H groups in total. The van der Waals surface area contributed by atoms with E-state index in [1.165, 1.54) is 50.5 Å². The van der Waals surface area contributed by atoms with Gasteiger partial charge in [-0.05, 0) is 42.8 Å². The number of nitrogens with zero attached hydrogens (tertiary/aromatic N) is 1. The van der Waals surface area contributed by atoms with Crippen LogP contribution in [0.2, 0.25) is 0 Å². The molecule has 2 amide bonds. The molecule has 0 saturated heterocycles. The highest BCUT2D eigenvalue weighted by Crippen LogP contribution is 2.17. The van der Waals surface area contributed by atoms with E-state index in [9.17, 15) is 26.4 Å². The van der Waals surface area contributed by atoms with Gasteiger partial charge in [-0.25, -0.2) is 21.1 Å². The molecule has 0 aliphatic carbocycles. The molecule has 9 nitrogen and oxygen atoms in total. The maximum atomic E-state index is 12.3. The fourth-order valence-corrected chi connectivity index (χ4v) is 4.23. The van der Waals surface area contributed by atoms with Gasteiger partial charge in [0.1, 0.15) is 0 Å². The summed E-state index contributed by atoms with van der Waals surface area (Å²) in [7, 11) is -4.21. The van der Waals surface area contributed by atoms with Crippen molar-refractivity contribution in [3.8, 4) is 0 Å². The molecule has 0 aliphatic rings. The van der Waals surface area contributed by atoms with Gasteiger partial charge < -0.3 is 10.6 Å². The van der Waals surface area contributed by atoms with Crippen molar-refractivity contribution in [2.24, 2.45) is 0 Å². The van der Waals surface area contributed by atoms with Crippen LogP contribution in [0.5, 0.6) is 0 Å². The van der Waals surface area contributed by atoms with E-state index in [-0.39, 0.29) is 21.9 Å². The van der Waals surface area contributed by atoms with Gasteiger partial charge in [0.2, 0.25) is 15.9 Å². The molecular weight excluding hydrogens is 442 g/mol. The Morgan fingerprint density at radius 2 is 1.58 bits per heavy atom. The van der Waals surface area contributed by atoms with Crippen LogP contribution in [0.15, 0.2) is 58.3 Å². The van der Waals surface area contributed by atoms with Gasteiger partial charge in [0.25, 0.3) is 5.91 Å². The SMILES string of the molecule is CC(NC(=O)CNC(=O)c1cccc(S(=O)(=O)N(C)C)c1)c1ccc(S(C)(=O)=O)cc1. The summed E-state index contributed by atoms with van der Waals surface area (Å²) < 4.78 is 48.5. The maximum absolute atomic E-state index is 12.3. The highest BCUT2D eigenvalue weighted by Gasteiger charge is 2.19. The molecule has 0 saturated carbocycles. The first kappa shape index (κ1) is 24.5. The van der Waals surface area contributed by atoms with Gasteiger partial charge in [-0.3, -0.25) is 9.59 Å². The lowest BCUT2D eigenvalue weighted by atomic mass is 10.1. The smallest absolute Gasteiger partial charge is 0.251 e. The molecule has 1 atom stereocenters. The number of benzene rings is 2. The number of nitrogens with one attached hydrogen (secondary N) is 2. The molecule has 0 aliphatic heterocycles. The number of carbonyl (C=O) groups excluding carboxylic acids is 2. The Morgan fingerprint density at radius 3 is 2.13 bits per heavy atom. The van der Waals surface area contributed by atoms with Crippen LogP contribution in [0.3, 0.4) is 0 Å².